The van der Waals surface area contributed by atoms with Crippen molar-refractivity contribution in [2.75, 3.05) is 17.6 Å². The number of H-pyrrole nitrogens is 2. The van der Waals surface area contributed by atoms with Crippen LogP contribution in [0, 0.1) is 5.92 Å². The lowest BCUT2D eigenvalue weighted by molar-refractivity contribution is 0.0691. The van der Waals surface area contributed by atoms with E-state index in [2.05, 4.69) is 20.3 Å². The number of carbonyl (C=O) groups is 1. The van der Waals surface area contributed by atoms with Gasteiger partial charge in [-0.1, -0.05) is 0 Å². The van der Waals surface area contributed by atoms with E-state index in [9.17, 15) is 9.59 Å². The molecular formula is C14H17N5O3. The van der Waals surface area contributed by atoms with E-state index in [1.807, 2.05) is 0 Å². The number of aromatic carboxylic acids is 1. The summed E-state index contributed by atoms with van der Waals surface area (Å²) < 4.78 is 0. The lowest BCUT2D eigenvalue weighted by Crippen LogP contribution is -2.30. The third-order valence-electron chi connectivity index (χ3n) is 3.90. The molecule has 1 aliphatic rings. The Morgan fingerprint density at radius 1 is 1.50 bits per heavy atom. The molecule has 1 aliphatic heterocycles. The monoisotopic (exact) mass is 303 g/mol. The van der Waals surface area contributed by atoms with Gasteiger partial charge in [-0.25, -0.2) is 4.79 Å². The van der Waals surface area contributed by atoms with E-state index < -0.39 is 5.97 Å². The number of hydrogen-bond acceptors (Lipinski definition) is 5. The molecule has 116 valence electrons. The highest BCUT2D eigenvalue weighted by Crippen LogP contribution is 2.23. The van der Waals surface area contributed by atoms with E-state index in [0.29, 0.717) is 23.7 Å². The first-order valence-corrected chi connectivity index (χ1v) is 7.06. The largest absolute Gasteiger partial charge is 0.477 e. The highest BCUT2D eigenvalue weighted by molar-refractivity contribution is 5.85. The highest BCUT2D eigenvalue weighted by Gasteiger charge is 2.22. The molecule has 2 aromatic rings. The van der Waals surface area contributed by atoms with Gasteiger partial charge in [-0.05, 0) is 36.8 Å². The van der Waals surface area contributed by atoms with Gasteiger partial charge in [0.25, 0.3) is 5.56 Å². The molecule has 6 N–H and O–H groups in total. The van der Waals surface area contributed by atoms with E-state index in [-0.39, 0.29) is 17.2 Å². The molecule has 0 radical (unpaired) electrons. The van der Waals surface area contributed by atoms with Gasteiger partial charge in [0.05, 0.1) is 5.56 Å². The molecule has 2 aromatic heterocycles. The van der Waals surface area contributed by atoms with E-state index in [1.165, 1.54) is 0 Å². The lowest BCUT2D eigenvalue weighted by atomic mass is 9.91. The molecule has 8 heteroatoms. The maximum Gasteiger partial charge on any atom is 0.352 e. The topological polar surface area (TPSA) is 137 Å². The number of rotatable bonds is 4. The SMILES string of the molecule is Nc1nc2c(c(=O)[nH]1)CC(CCc1c[nH]c(C(=O)O)c1)CN2. The molecule has 0 aromatic carbocycles. The van der Waals surface area contributed by atoms with Crippen LogP contribution in [0.5, 0.6) is 0 Å². The number of fused-ring (bicyclic) bond motifs is 1. The fourth-order valence-electron chi connectivity index (χ4n) is 2.73. The van der Waals surface area contributed by atoms with Crippen molar-refractivity contribution >= 4 is 17.7 Å². The number of aromatic amines is 2. The summed E-state index contributed by atoms with van der Waals surface area (Å²) in [6, 6.07) is 1.64. The second-order valence-corrected chi connectivity index (χ2v) is 5.49. The molecule has 0 spiro atoms. The molecule has 0 fully saturated rings. The standard InChI is InChI=1S/C14H17N5O3/c15-14-18-11-9(12(20)19-14)3-7(6-17-11)1-2-8-4-10(13(21)22)16-5-8/h4-5,7,16H,1-3,6H2,(H,21,22)(H4,15,17,18,19,20). The Morgan fingerprint density at radius 3 is 3.05 bits per heavy atom. The minimum Gasteiger partial charge on any atom is -0.477 e. The van der Waals surface area contributed by atoms with Gasteiger partial charge in [-0.15, -0.1) is 0 Å². The Morgan fingerprint density at radius 2 is 2.32 bits per heavy atom. The number of carboxylic acids is 1. The van der Waals surface area contributed by atoms with Gasteiger partial charge >= 0.3 is 5.97 Å². The van der Waals surface area contributed by atoms with Crippen molar-refractivity contribution < 1.29 is 9.90 Å². The Balaban J connectivity index is 1.65. The van der Waals surface area contributed by atoms with Crippen molar-refractivity contribution in [2.45, 2.75) is 19.3 Å². The number of nitrogens with two attached hydrogens (primary N) is 1. The van der Waals surface area contributed by atoms with Gasteiger partial charge in [0, 0.05) is 12.7 Å². The summed E-state index contributed by atoms with van der Waals surface area (Å²) in [4.78, 5) is 32.1. The summed E-state index contributed by atoms with van der Waals surface area (Å²) in [6.07, 6.45) is 3.96. The molecule has 0 saturated carbocycles. The smallest absolute Gasteiger partial charge is 0.352 e. The minimum atomic E-state index is -0.963. The number of nitrogens with zero attached hydrogens (tertiary/aromatic N) is 1. The van der Waals surface area contributed by atoms with Gasteiger partial charge in [-0.3, -0.25) is 9.78 Å². The number of aromatic nitrogens is 3. The van der Waals surface area contributed by atoms with Gasteiger partial charge in [0.2, 0.25) is 5.95 Å². The maximum absolute atomic E-state index is 11.9. The normalized spacial score (nSPS) is 16.8. The summed E-state index contributed by atoms with van der Waals surface area (Å²) in [5.74, 6) is 0.00689. The van der Waals surface area contributed by atoms with Gasteiger partial charge in [-0.2, -0.15) is 4.98 Å². The first kappa shape index (κ1) is 14.2. The van der Waals surface area contributed by atoms with Crippen LogP contribution in [0.2, 0.25) is 0 Å². The average Bonchev–Trinajstić information content (AvgIpc) is 2.94. The van der Waals surface area contributed by atoms with E-state index >= 15 is 0 Å². The van der Waals surface area contributed by atoms with Crippen LogP contribution in [0.15, 0.2) is 17.1 Å². The predicted octanol–water partition coefficient (Wildman–Crippen LogP) is 0.595. The zero-order valence-corrected chi connectivity index (χ0v) is 11.8. The average molecular weight is 303 g/mol. The molecule has 0 aliphatic carbocycles. The van der Waals surface area contributed by atoms with E-state index in [4.69, 9.17) is 10.8 Å². The van der Waals surface area contributed by atoms with Crippen molar-refractivity contribution in [1.29, 1.82) is 0 Å². The van der Waals surface area contributed by atoms with Crippen molar-refractivity contribution in [3.8, 4) is 0 Å². The molecular weight excluding hydrogens is 286 g/mol. The van der Waals surface area contributed by atoms with Crippen LogP contribution < -0.4 is 16.6 Å². The molecule has 0 bridgehead atoms. The lowest BCUT2D eigenvalue weighted by Gasteiger charge is -2.24. The van der Waals surface area contributed by atoms with Crippen molar-refractivity contribution in [3.05, 3.63) is 39.4 Å². The fraction of sp³-hybridized carbons (Fsp3) is 0.357. The maximum atomic E-state index is 11.9. The quantitative estimate of drug-likeness (QED) is 0.561. The molecule has 0 amide bonds. The third-order valence-corrected chi connectivity index (χ3v) is 3.90. The zero-order valence-electron chi connectivity index (χ0n) is 11.8. The molecule has 1 unspecified atom stereocenters. The van der Waals surface area contributed by atoms with Crippen LogP contribution in [0.1, 0.15) is 28.0 Å². The molecule has 3 heterocycles. The Hall–Kier alpha value is -2.77. The number of hydrogen-bond donors (Lipinski definition) is 5. The third kappa shape index (κ3) is 2.80. The molecule has 22 heavy (non-hydrogen) atoms. The second-order valence-electron chi connectivity index (χ2n) is 5.49. The Bertz CT molecular complexity index is 764. The number of anilines is 2. The van der Waals surface area contributed by atoms with Crippen LogP contribution in [-0.4, -0.2) is 32.6 Å². The molecule has 8 nitrogen and oxygen atoms in total. The van der Waals surface area contributed by atoms with Gasteiger partial charge in [0.1, 0.15) is 11.5 Å². The molecule has 0 saturated heterocycles. The minimum absolute atomic E-state index is 0.114. The Labute approximate surface area is 125 Å². The first-order valence-electron chi connectivity index (χ1n) is 7.06. The number of nitrogens with one attached hydrogen (secondary N) is 3. The van der Waals surface area contributed by atoms with Crippen LogP contribution in [0.25, 0.3) is 0 Å². The van der Waals surface area contributed by atoms with Gasteiger partial charge < -0.3 is 21.1 Å². The summed E-state index contributed by atoms with van der Waals surface area (Å²) in [5.41, 5.74) is 7.10. The molecule has 3 rings (SSSR count). The van der Waals surface area contributed by atoms with Crippen LogP contribution in [-0.2, 0) is 12.8 Å². The van der Waals surface area contributed by atoms with E-state index in [1.54, 1.807) is 12.3 Å². The van der Waals surface area contributed by atoms with Crippen LogP contribution in [0.3, 0.4) is 0 Å². The van der Waals surface area contributed by atoms with Crippen LogP contribution >= 0.6 is 0 Å². The van der Waals surface area contributed by atoms with Crippen molar-refractivity contribution in [1.82, 2.24) is 15.0 Å². The number of aryl methyl sites for hydroxylation is 1. The second kappa shape index (κ2) is 5.55. The Kier molecular flexibility index (Phi) is 3.58. The predicted molar refractivity (Wildman–Crippen MR) is 81.0 cm³/mol. The van der Waals surface area contributed by atoms with Gasteiger partial charge in [0.15, 0.2) is 0 Å². The first-order chi connectivity index (χ1) is 10.5. The summed E-state index contributed by atoms with van der Waals surface area (Å²) >= 11 is 0. The number of nitrogen functional groups attached to an aromatic ring is 1. The fourth-order valence-corrected chi connectivity index (χ4v) is 2.73. The summed E-state index contributed by atoms with van der Waals surface area (Å²) in [5, 5.41) is 12.0. The summed E-state index contributed by atoms with van der Waals surface area (Å²) in [6.45, 7) is 0.721. The number of carboxylic acid groups (broad SMARTS) is 1. The zero-order chi connectivity index (χ0) is 15.7. The molecule has 1 atom stereocenters. The van der Waals surface area contributed by atoms with Crippen LogP contribution in [0.4, 0.5) is 11.8 Å². The van der Waals surface area contributed by atoms with Crippen molar-refractivity contribution in [3.63, 3.8) is 0 Å². The van der Waals surface area contributed by atoms with E-state index in [0.717, 1.165) is 24.9 Å². The highest BCUT2D eigenvalue weighted by atomic mass is 16.4. The van der Waals surface area contributed by atoms with Crippen molar-refractivity contribution in [2.24, 2.45) is 5.92 Å². The summed E-state index contributed by atoms with van der Waals surface area (Å²) in [7, 11) is 0.